The van der Waals surface area contributed by atoms with Gasteiger partial charge in [0.05, 0.1) is 35.7 Å². The smallest absolute Gasteiger partial charge is 0.218 e. The zero-order valence-electron chi connectivity index (χ0n) is 25.6. The Morgan fingerprint density at radius 1 is 0.651 bits per heavy atom. The molecule has 0 atom stereocenters. The Morgan fingerprint density at radius 3 is 1.95 bits per heavy atom. The summed E-state index contributed by atoms with van der Waals surface area (Å²) in [4.78, 5) is 0. The van der Waals surface area contributed by atoms with E-state index in [4.69, 9.17) is 4.42 Å². The topological polar surface area (TPSA) is 21.9 Å². The largest absolute Gasteiger partial charge is 0.455 e. The summed E-state index contributed by atoms with van der Waals surface area (Å²) in [6, 6.07) is 37.8. The molecule has 0 unspecified atom stereocenters. The van der Waals surface area contributed by atoms with E-state index in [0.29, 0.717) is 0 Å². The maximum atomic E-state index is 6.66. The minimum absolute atomic E-state index is 0.926. The van der Waals surface area contributed by atoms with Gasteiger partial charge in [-0.2, -0.15) is 4.57 Å². The highest BCUT2D eigenvalue weighted by molar-refractivity contribution is 6.88. The molecule has 8 aromatic rings. The number of aromatic nitrogens is 2. The number of hydrogen-bond acceptors (Lipinski definition) is 1. The molecule has 0 spiro atoms. The van der Waals surface area contributed by atoms with Crippen LogP contribution in [-0.4, -0.2) is 12.6 Å². The minimum atomic E-state index is -1.57. The molecule has 0 saturated heterocycles. The van der Waals surface area contributed by atoms with Gasteiger partial charge in [0.2, 0.25) is 11.2 Å². The standard InChI is InChI=1S/C39H35N2OSi/c1-24-21-30-29-15-9-12-18-37(29)42-39(30)38(25(24)2)36-23-35(31-22-26(43(4,5)6)19-20-32(31)40(36)3)41-33-16-10-7-13-27(33)28-14-8-11-17-34(28)41/h7-23H,1-6H3/q+1. The summed E-state index contributed by atoms with van der Waals surface area (Å²) < 4.78 is 11.5. The Kier molecular flexibility index (Phi) is 5.54. The van der Waals surface area contributed by atoms with Crippen molar-refractivity contribution >= 4 is 67.9 Å². The van der Waals surface area contributed by atoms with Gasteiger partial charge in [-0.1, -0.05) is 85.5 Å². The molecule has 0 N–H and O–H groups in total. The first-order chi connectivity index (χ1) is 20.7. The van der Waals surface area contributed by atoms with Crippen LogP contribution in [0.15, 0.2) is 108 Å². The number of rotatable bonds is 3. The Balaban J connectivity index is 1.57. The lowest BCUT2D eigenvalue weighted by Gasteiger charge is -2.19. The second-order valence-corrected chi connectivity index (χ2v) is 18.1. The van der Waals surface area contributed by atoms with Crippen LogP contribution in [0.3, 0.4) is 0 Å². The highest BCUT2D eigenvalue weighted by atomic mass is 28.3. The molecule has 4 heteroatoms. The lowest BCUT2D eigenvalue weighted by molar-refractivity contribution is -0.633. The Hall–Kier alpha value is -4.67. The monoisotopic (exact) mass is 575 g/mol. The van der Waals surface area contributed by atoms with Crippen LogP contribution in [-0.2, 0) is 7.05 Å². The fourth-order valence-corrected chi connectivity index (χ4v) is 8.10. The molecule has 0 aliphatic rings. The number of furan rings is 1. The van der Waals surface area contributed by atoms with E-state index in [1.54, 1.807) is 0 Å². The Morgan fingerprint density at radius 2 is 1.28 bits per heavy atom. The number of aryl methyl sites for hydroxylation is 2. The van der Waals surface area contributed by atoms with Crippen molar-refractivity contribution in [3.63, 3.8) is 0 Å². The number of para-hydroxylation sites is 3. The van der Waals surface area contributed by atoms with Crippen molar-refractivity contribution < 1.29 is 8.98 Å². The summed E-state index contributed by atoms with van der Waals surface area (Å²) in [5, 5.41) is 7.60. The van der Waals surface area contributed by atoms with Crippen molar-refractivity contribution in [1.82, 2.24) is 4.57 Å². The lowest BCUT2D eigenvalue weighted by Crippen LogP contribution is -2.39. The number of hydrogen-bond donors (Lipinski definition) is 0. The van der Waals surface area contributed by atoms with Crippen molar-refractivity contribution in [3.05, 3.63) is 114 Å². The Labute approximate surface area is 252 Å². The fourth-order valence-electron chi connectivity index (χ4n) is 6.94. The first-order valence-electron chi connectivity index (χ1n) is 15.1. The van der Waals surface area contributed by atoms with Crippen LogP contribution in [0.1, 0.15) is 11.1 Å². The number of fused-ring (bicyclic) bond motifs is 7. The average molecular weight is 576 g/mol. The third kappa shape index (κ3) is 3.76. The van der Waals surface area contributed by atoms with E-state index in [9.17, 15) is 0 Å². The van der Waals surface area contributed by atoms with Crippen molar-refractivity contribution in [2.24, 2.45) is 7.05 Å². The van der Waals surface area contributed by atoms with Gasteiger partial charge in [0.25, 0.3) is 0 Å². The predicted molar refractivity (Wildman–Crippen MR) is 185 cm³/mol. The molecule has 0 saturated carbocycles. The van der Waals surface area contributed by atoms with E-state index >= 15 is 0 Å². The van der Waals surface area contributed by atoms with Gasteiger partial charge < -0.3 is 8.98 Å². The van der Waals surface area contributed by atoms with Gasteiger partial charge in [-0.05, 0) is 55.3 Å². The molecule has 0 bridgehead atoms. The molecule has 43 heavy (non-hydrogen) atoms. The van der Waals surface area contributed by atoms with Gasteiger partial charge >= 0.3 is 0 Å². The third-order valence-corrected chi connectivity index (χ3v) is 11.4. The van der Waals surface area contributed by atoms with Crippen LogP contribution in [0.4, 0.5) is 0 Å². The van der Waals surface area contributed by atoms with Gasteiger partial charge in [0, 0.05) is 33.7 Å². The zero-order chi connectivity index (χ0) is 29.6. The molecule has 0 amide bonds. The highest BCUT2D eigenvalue weighted by Gasteiger charge is 2.28. The van der Waals surface area contributed by atoms with Crippen molar-refractivity contribution in [1.29, 1.82) is 0 Å². The lowest BCUT2D eigenvalue weighted by atomic mass is 9.95. The summed E-state index contributed by atoms with van der Waals surface area (Å²) in [5.41, 5.74) is 11.5. The van der Waals surface area contributed by atoms with Crippen molar-refractivity contribution in [2.75, 3.05) is 0 Å². The molecule has 3 nitrogen and oxygen atoms in total. The quantitative estimate of drug-likeness (QED) is 0.152. The second kappa shape index (κ2) is 9.16. The SMILES string of the molecule is Cc1cc2c(oc3ccccc32)c(-c2cc(-n3c4ccccc4c4ccccc43)c3cc([Si](C)(C)C)ccc3[n+]2C)c1C. The van der Waals surface area contributed by atoms with Gasteiger partial charge in [-0.25, -0.2) is 0 Å². The Bertz CT molecular complexity index is 2370. The van der Waals surface area contributed by atoms with E-state index < -0.39 is 8.07 Å². The fraction of sp³-hybridized carbons (Fsp3) is 0.154. The highest BCUT2D eigenvalue weighted by Crippen LogP contribution is 2.41. The molecule has 5 aromatic carbocycles. The normalized spacial score (nSPS) is 12.4. The van der Waals surface area contributed by atoms with E-state index in [-0.39, 0.29) is 0 Å². The van der Waals surface area contributed by atoms with Crippen LogP contribution in [0.2, 0.25) is 19.6 Å². The molecule has 0 fully saturated rings. The number of nitrogens with zero attached hydrogens (tertiary/aromatic N) is 2. The maximum Gasteiger partial charge on any atom is 0.218 e. The molecule has 0 aliphatic carbocycles. The van der Waals surface area contributed by atoms with Crippen LogP contribution in [0.25, 0.3) is 71.6 Å². The van der Waals surface area contributed by atoms with Gasteiger partial charge in [-0.15, -0.1) is 0 Å². The third-order valence-electron chi connectivity index (χ3n) is 9.40. The average Bonchev–Trinajstić information content (AvgIpc) is 3.53. The van der Waals surface area contributed by atoms with Crippen LogP contribution in [0.5, 0.6) is 0 Å². The zero-order valence-corrected chi connectivity index (χ0v) is 26.6. The number of pyridine rings is 1. The van der Waals surface area contributed by atoms with E-state index in [0.717, 1.165) is 27.8 Å². The van der Waals surface area contributed by atoms with Crippen LogP contribution >= 0.6 is 0 Å². The predicted octanol–water partition coefficient (Wildman–Crippen LogP) is 9.49. The molecule has 3 heterocycles. The number of benzene rings is 5. The van der Waals surface area contributed by atoms with E-state index in [2.05, 4.69) is 153 Å². The van der Waals surface area contributed by atoms with Crippen molar-refractivity contribution in [2.45, 2.75) is 33.5 Å². The van der Waals surface area contributed by atoms with Crippen LogP contribution < -0.4 is 9.75 Å². The molecule has 8 rings (SSSR count). The van der Waals surface area contributed by atoms with Gasteiger partial charge in [-0.3, -0.25) is 0 Å². The molecule has 3 aromatic heterocycles. The summed E-state index contributed by atoms with van der Waals surface area (Å²) in [6.07, 6.45) is 0. The molecule has 210 valence electrons. The van der Waals surface area contributed by atoms with E-state index in [1.807, 2.05) is 0 Å². The molecular formula is C39H35N2OSi+. The van der Waals surface area contributed by atoms with Crippen LogP contribution in [0, 0.1) is 13.8 Å². The summed E-state index contributed by atoms with van der Waals surface area (Å²) in [7, 11) is 0.640. The first kappa shape index (κ1) is 26.0. The summed E-state index contributed by atoms with van der Waals surface area (Å²) >= 11 is 0. The summed E-state index contributed by atoms with van der Waals surface area (Å²) in [6.45, 7) is 11.7. The molecule has 0 radical (unpaired) electrons. The second-order valence-electron chi connectivity index (χ2n) is 13.0. The van der Waals surface area contributed by atoms with Crippen molar-refractivity contribution in [3.8, 4) is 16.9 Å². The van der Waals surface area contributed by atoms with E-state index in [1.165, 1.54) is 60.1 Å². The molecular weight excluding hydrogens is 541 g/mol. The maximum absolute atomic E-state index is 6.66. The first-order valence-corrected chi connectivity index (χ1v) is 18.6. The minimum Gasteiger partial charge on any atom is -0.455 e. The summed E-state index contributed by atoms with van der Waals surface area (Å²) in [5.74, 6) is 0. The van der Waals surface area contributed by atoms with Gasteiger partial charge in [0.1, 0.15) is 18.2 Å². The molecule has 0 aliphatic heterocycles. The van der Waals surface area contributed by atoms with Gasteiger partial charge in [0.15, 0.2) is 0 Å².